The molecule has 6 N–H and O–H groups in total. The first-order chi connectivity index (χ1) is 22.4. The summed E-state index contributed by atoms with van der Waals surface area (Å²) in [4.78, 5) is 70.2. The summed E-state index contributed by atoms with van der Waals surface area (Å²) in [5.41, 5.74) is 6.29. The van der Waals surface area contributed by atoms with E-state index in [0.717, 1.165) is 16.7 Å². The fourth-order valence-electron chi connectivity index (χ4n) is 7.50. The van der Waals surface area contributed by atoms with Gasteiger partial charge in [-0.25, -0.2) is 4.98 Å². The number of aliphatic hydroxyl groups is 2. The number of aromatic hydroxyl groups is 1. The van der Waals surface area contributed by atoms with Crippen LogP contribution < -0.4 is 11.1 Å². The molecule has 3 aliphatic rings. The lowest BCUT2D eigenvalue weighted by atomic mass is 9.50. The number of aliphatic hydroxyl groups excluding tert-OH is 1. The Kier molecular flexibility index (Phi) is 7.19. The predicted molar refractivity (Wildman–Crippen MR) is 171 cm³/mol. The molecular weight excluding hydrogens is 622 g/mol. The molecule has 1 heterocycles. The van der Waals surface area contributed by atoms with Crippen molar-refractivity contribution in [1.29, 1.82) is 0 Å². The fourth-order valence-corrected chi connectivity index (χ4v) is 8.23. The van der Waals surface area contributed by atoms with Gasteiger partial charge in [0.2, 0.25) is 5.91 Å². The number of hydrogen-bond acceptors (Lipinski definition) is 11. The first kappa shape index (κ1) is 30.6. The van der Waals surface area contributed by atoms with E-state index in [1.807, 2.05) is 60.0 Å². The molecule has 4 aromatic rings. The van der Waals surface area contributed by atoms with Crippen LogP contribution in [-0.2, 0) is 19.2 Å². The maximum absolute atomic E-state index is 14.0. The number of carbonyl (C=O) groups excluding carboxylic acids is 5. The molecular formula is C35H29N3O8S. The highest BCUT2D eigenvalue weighted by Crippen LogP contribution is 2.54. The summed E-state index contributed by atoms with van der Waals surface area (Å²) in [6.45, 7) is 1.66. The molecule has 47 heavy (non-hydrogen) atoms. The number of ketones is 4. The molecule has 3 aliphatic carbocycles. The number of phenolic OH excluding ortho intramolecular Hbond substituents is 1. The van der Waals surface area contributed by atoms with E-state index in [0.29, 0.717) is 16.4 Å². The van der Waals surface area contributed by atoms with Crippen molar-refractivity contribution in [2.75, 3.05) is 5.32 Å². The lowest BCUT2D eigenvalue weighted by Crippen LogP contribution is -2.72. The number of primary amides is 1. The molecule has 12 heteroatoms. The number of hydrogen-bond donors (Lipinski definition) is 5. The molecule has 7 atom stereocenters. The Morgan fingerprint density at radius 3 is 2.30 bits per heavy atom. The number of Topliss-reactive ketones (excluding diaryl/α,β-unsaturated/α-hetero) is 4. The number of nitrogens with zero attached hydrogens (tertiary/aromatic N) is 1. The van der Waals surface area contributed by atoms with Gasteiger partial charge in [-0.05, 0) is 28.7 Å². The van der Waals surface area contributed by atoms with Crippen molar-refractivity contribution >= 4 is 51.2 Å². The number of anilines is 2. The zero-order valence-corrected chi connectivity index (χ0v) is 25.7. The number of phenols is 1. The number of rotatable bonds is 5. The van der Waals surface area contributed by atoms with Gasteiger partial charge < -0.3 is 26.4 Å². The van der Waals surface area contributed by atoms with Crippen LogP contribution in [-0.4, -0.2) is 61.0 Å². The van der Waals surface area contributed by atoms with Crippen LogP contribution in [0.3, 0.4) is 0 Å². The van der Waals surface area contributed by atoms with E-state index in [9.17, 15) is 39.3 Å². The Hall–Kier alpha value is -5.04. The summed E-state index contributed by atoms with van der Waals surface area (Å²) in [7, 11) is 0. The number of benzene rings is 3. The molecule has 0 bridgehead atoms. The van der Waals surface area contributed by atoms with Gasteiger partial charge in [0.1, 0.15) is 5.75 Å². The Labute approximate surface area is 272 Å². The maximum Gasteiger partial charge on any atom is 0.235 e. The molecule has 2 saturated carbocycles. The van der Waals surface area contributed by atoms with Crippen molar-refractivity contribution in [3.63, 3.8) is 0 Å². The summed E-state index contributed by atoms with van der Waals surface area (Å²) in [5, 5.41) is 39.5. The highest BCUT2D eigenvalue weighted by molar-refractivity contribution is 7.14. The summed E-state index contributed by atoms with van der Waals surface area (Å²) in [6.07, 6.45) is -2.26. The van der Waals surface area contributed by atoms with Crippen LogP contribution in [0.25, 0.3) is 22.4 Å². The highest BCUT2D eigenvalue weighted by Gasteiger charge is 2.69. The van der Waals surface area contributed by atoms with Crippen molar-refractivity contribution < 1.29 is 39.3 Å². The average molecular weight is 652 g/mol. The number of nitrogens with two attached hydrogens (primary N) is 1. The topological polar surface area (TPSA) is 197 Å². The molecule has 1 amide bonds. The quantitative estimate of drug-likeness (QED) is 0.158. The standard InChI is InChI=1S/C35H29N3O8S/c1-15-19-11-12-21(37-34-38-22(14-47-34)18-9-7-17(8-10-18)16-5-3-2-4-6-16)29(41)25(19)30(42)27-24(15)28(40)20-13-23(39)26(33(36)45)31(43)35(20,46)32(27)44/h2-12,14-15,20,24,26-28,40-41,46H,13H2,1H3,(H2,36,45)(H,37,38)/t15-,20+,24+,26?,27?,28+,35+/m0/s1. The van der Waals surface area contributed by atoms with Crippen LogP contribution in [0.5, 0.6) is 5.75 Å². The van der Waals surface area contributed by atoms with Crippen LogP contribution in [0, 0.1) is 23.7 Å². The van der Waals surface area contributed by atoms with E-state index >= 15 is 0 Å². The Bertz CT molecular complexity index is 1990. The van der Waals surface area contributed by atoms with E-state index in [2.05, 4.69) is 10.3 Å². The largest absolute Gasteiger partial charge is 0.505 e. The van der Waals surface area contributed by atoms with Crippen LogP contribution in [0.4, 0.5) is 10.8 Å². The Balaban J connectivity index is 1.19. The lowest BCUT2D eigenvalue weighted by Gasteiger charge is -2.52. The second-order valence-electron chi connectivity index (χ2n) is 12.3. The molecule has 1 aromatic heterocycles. The van der Waals surface area contributed by atoms with Crippen LogP contribution >= 0.6 is 11.3 Å². The number of carbonyl (C=O) groups is 5. The third-order valence-electron chi connectivity index (χ3n) is 9.89. The Morgan fingerprint density at radius 2 is 1.62 bits per heavy atom. The summed E-state index contributed by atoms with van der Waals surface area (Å²) in [5.74, 6) is -13.4. The van der Waals surface area contributed by atoms with Crippen molar-refractivity contribution in [3.05, 3.63) is 83.2 Å². The molecule has 0 saturated heterocycles. The smallest absolute Gasteiger partial charge is 0.235 e. The van der Waals surface area contributed by atoms with Gasteiger partial charge in [-0.1, -0.05) is 67.6 Å². The van der Waals surface area contributed by atoms with Crippen molar-refractivity contribution in [1.82, 2.24) is 4.98 Å². The van der Waals surface area contributed by atoms with Crippen molar-refractivity contribution in [2.24, 2.45) is 29.4 Å². The van der Waals surface area contributed by atoms with E-state index in [4.69, 9.17) is 5.73 Å². The van der Waals surface area contributed by atoms with Crippen LogP contribution in [0.15, 0.2) is 72.1 Å². The fraction of sp³-hybridized carbons (Fsp3) is 0.257. The van der Waals surface area contributed by atoms with Gasteiger partial charge in [0.05, 0.1) is 29.0 Å². The highest BCUT2D eigenvalue weighted by atomic mass is 32.1. The molecule has 0 radical (unpaired) electrons. The molecule has 11 nitrogen and oxygen atoms in total. The first-order valence-corrected chi connectivity index (χ1v) is 15.9. The van der Waals surface area contributed by atoms with Crippen LogP contribution in [0.1, 0.15) is 35.2 Å². The van der Waals surface area contributed by atoms with Crippen molar-refractivity contribution in [3.8, 4) is 28.1 Å². The van der Waals surface area contributed by atoms with Crippen molar-refractivity contribution in [2.45, 2.75) is 31.0 Å². The normalized spacial score (nSPS) is 28.3. The van der Waals surface area contributed by atoms with E-state index < -0.39 is 82.5 Å². The molecule has 2 fully saturated rings. The van der Waals surface area contributed by atoms with Gasteiger partial charge in [0.15, 0.2) is 39.8 Å². The summed E-state index contributed by atoms with van der Waals surface area (Å²) >= 11 is 1.28. The number of amides is 1. The molecule has 3 aromatic carbocycles. The van der Waals surface area contributed by atoms with E-state index in [1.54, 1.807) is 19.1 Å². The van der Waals surface area contributed by atoms with Gasteiger partial charge in [-0.3, -0.25) is 24.0 Å². The number of aromatic nitrogens is 1. The van der Waals surface area contributed by atoms with Gasteiger partial charge in [0.25, 0.3) is 0 Å². The Morgan fingerprint density at radius 1 is 0.957 bits per heavy atom. The second-order valence-corrected chi connectivity index (χ2v) is 13.2. The average Bonchev–Trinajstić information content (AvgIpc) is 3.53. The lowest BCUT2D eigenvalue weighted by molar-refractivity contribution is -0.189. The molecule has 0 aliphatic heterocycles. The third-order valence-corrected chi connectivity index (χ3v) is 10.6. The predicted octanol–water partition coefficient (Wildman–Crippen LogP) is 3.39. The van der Waals surface area contributed by atoms with E-state index in [1.165, 1.54) is 11.3 Å². The molecule has 7 rings (SSSR count). The third kappa shape index (κ3) is 4.54. The maximum atomic E-state index is 14.0. The minimum atomic E-state index is -2.97. The number of thiazole rings is 1. The SMILES string of the molecule is C[C@H]1c2ccc(Nc3nc(-c4ccc(-c5ccccc5)cc4)cs3)c(O)c2C(=O)C2C(=O)[C@]3(O)C(=O)C(C(N)=O)C(=O)C[C@@H]3[C@@H](O)[C@@H]21. The number of nitrogens with one attached hydrogen (secondary N) is 1. The van der Waals surface area contributed by atoms with Crippen LogP contribution in [0.2, 0.25) is 0 Å². The first-order valence-electron chi connectivity index (χ1n) is 15.0. The zero-order chi connectivity index (χ0) is 33.4. The van der Waals surface area contributed by atoms with Gasteiger partial charge in [-0.15, -0.1) is 11.3 Å². The molecule has 2 unspecified atom stereocenters. The summed E-state index contributed by atoms with van der Waals surface area (Å²) in [6, 6.07) is 21.0. The molecule has 238 valence electrons. The molecule has 0 spiro atoms. The minimum absolute atomic E-state index is 0.136. The monoisotopic (exact) mass is 651 g/mol. The van der Waals surface area contributed by atoms with Gasteiger partial charge >= 0.3 is 0 Å². The zero-order valence-electron chi connectivity index (χ0n) is 24.9. The minimum Gasteiger partial charge on any atom is -0.505 e. The van der Waals surface area contributed by atoms with Gasteiger partial charge in [0, 0.05) is 29.2 Å². The van der Waals surface area contributed by atoms with E-state index in [-0.39, 0.29) is 11.3 Å². The second kappa shape index (κ2) is 11.0. The summed E-state index contributed by atoms with van der Waals surface area (Å²) < 4.78 is 0. The van der Waals surface area contributed by atoms with Gasteiger partial charge in [-0.2, -0.15) is 0 Å². The number of fused-ring (bicyclic) bond motifs is 3.